The molecule has 0 saturated heterocycles. The third-order valence-corrected chi connectivity index (χ3v) is 6.10. The molecule has 2 aromatic carbocycles. The lowest BCUT2D eigenvalue weighted by Crippen LogP contribution is -2.41. The van der Waals surface area contributed by atoms with E-state index in [-0.39, 0.29) is 6.61 Å². The van der Waals surface area contributed by atoms with Crippen LogP contribution in [0.5, 0.6) is 0 Å². The van der Waals surface area contributed by atoms with Crippen molar-refractivity contribution in [1.29, 1.82) is 0 Å². The summed E-state index contributed by atoms with van der Waals surface area (Å²) in [5, 5.41) is 0. The lowest BCUT2D eigenvalue weighted by atomic mass is 9.92. The number of phosphoric ester groups is 1. The largest absolute Gasteiger partial charge is 0.469 e. The maximum Gasteiger partial charge on any atom is 0.469 e. The zero-order chi connectivity index (χ0) is 20.0. The predicted octanol–water partition coefficient (Wildman–Crippen LogP) is 4.33. The molecule has 0 amide bonds. The first-order chi connectivity index (χ1) is 13.3. The molecule has 1 saturated carbocycles. The molecule has 5 nitrogen and oxygen atoms in total. The predicted molar refractivity (Wildman–Crippen MR) is 111 cm³/mol. The molecule has 0 radical (unpaired) electrons. The van der Waals surface area contributed by atoms with Crippen LogP contribution in [0.2, 0.25) is 0 Å². The van der Waals surface area contributed by atoms with Crippen molar-refractivity contribution < 1.29 is 18.9 Å². The van der Waals surface area contributed by atoms with Crippen LogP contribution in [-0.4, -0.2) is 21.9 Å². The summed E-state index contributed by atoms with van der Waals surface area (Å²) in [6, 6.07) is 19.3. The number of aryl methyl sites for hydroxylation is 2. The summed E-state index contributed by atoms with van der Waals surface area (Å²) in [6.45, 7) is -0.104. The van der Waals surface area contributed by atoms with E-state index < -0.39 is 13.4 Å². The van der Waals surface area contributed by atoms with E-state index in [0.29, 0.717) is 18.8 Å². The molecule has 6 heteroatoms. The zero-order valence-electron chi connectivity index (χ0n) is 16.2. The monoisotopic (exact) mass is 403 g/mol. The van der Waals surface area contributed by atoms with Crippen LogP contribution in [0.15, 0.2) is 54.6 Å². The minimum Gasteiger partial charge on any atom is -0.323 e. The lowest BCUT2D eigenvalue weighted by Gasteiger charge is -2.24. The smallest absolute Gasteiger partial charge is 0.323 e. The van der Waals surface area contributed by atoms with Gasteiger partial charge in [0, 0.05) is 5.54 Å². The Morgan fingerprint density at radius 3 is 2.21 bits per heavy atom. The summed E-state index contributed by atoms with van der Waals surface area (Å²) in [5.74, 6) is 0.317. The zero-order valence-corrected chi connectivity index (χ0v) is 17.1. The van der Waals surface area contributed by atoms with Crippen molar-refractivity contribution >= 4 is 7.82 Å². The first-order valence-electron chi connectivity index (χ1n) is 9.95. The molecule has 1 aliphatic carbocycles. The molecule has 1 fully saturated rings. The van der Waals surface area contributed by atoms with Crippen LogP contribution in [0.4, 0.5) is 0 Å². The SMILES string of the molecule is N[C@]1(COP(=O)(O)O)CC[C@H](c2ccc(CCCCc3ccccc3)cc2)C1. The van der Waals surface area contributed by atoms with Gasteiger partial charge in [0.25, 0.3) is 0 Å². The Morgan fingerprint density at radius 2 is 1.61 bits per heavy atom. The summed E-state index contributed by atoms with van der Waals surface area (Å²) in [6.07, 6.45) is 6.86. The molecule has 2 atom stereocenters. The number of phosphoric acid groups is 1. The number of unbranched alkanes of at least 4 members (excludes halogenated alkanes) is 1. The number of hydrogen-bond donors (Lipinski definition) is 3. The summed E-state index contributed by atoms with van der Waals surface area (Å²) in [5.41, 5.74) is 9.61. The van der Waals surface area contributed by atoms with Gasteiger partial charge in [-0.15, -0.1) is 0 Å². The van der Waals surface area contributed by atoms with Crippen LogP contribution >= 0.6 is 7.82 Å². The van der Waals surface area contributed by atoms with Crippen LogP contribution in [0, 0.1) is 0 Å². The van der Waals surface area contributed by atoms with Gasteiger partial charge in [0.1, 0.15) is 0 Å². The van der Waals surface area contributed by atoms with E-state index in [9.17, 15) is 4.57 Å². The van der Waals surface area contributed by atoms with Crippen LogP contribution in [0.3, 0.4) is 0 Å². The Balaban J connectivity index is 1.44. The Morgan fingerprint density at radius 1 is 1.00 bits per heavy atom. The van der Waals surface area contributed by atoms with E-state index in [1.807, 2.05) is 0 Å². The summed E-state index contributed by atoms with van der Waals surface area (Å²) in [7, 11) is -4.47. The van der Waals surface area contributed by atoms with Crippen molar-refractivity contribution in [2.75, 3.05) is 6.61 Å². The molecule has 28 heavy (non-hydrogen) atoms. The van der Waals surface area contributed by atoms with Gasteiger partial charge in [-0.3, -0.25) is 4.52 Å². The van der Waals surface area contributed by atoms with Crippen LogP contribution in [-0.2, 0) is 21.9 Å². The molecule has 152 valence electrons. The van der Waals surface area contributed by atoms with E-state index in [0.717, 1.165) is 19.3 Å². The average molecular weight is 403 g/mol. The van der Waals surface area contributed by atoms with Crippen LogP contribution in [0.1, 0.15) is 54.7 Å². The molecule has 1 aliphatic rings. The second kappa shape index (κ2) is 9.34. The maximum absolute atomic E-state index is 10.9. The van der Waals surface area contributed by atoms with Gasteiger partial charge in [-0.1, -0.05) is 54.6 Å². The fourth-order valence-electron chi connectivity index (χ4n) is 4.04. The molecule has 0 heterocycles. The first kappa shape index (κ1) is 21.2. The van der Waals surface area contributed by atoms with E-state index in [4.69, 9.17) is 15.5 Å². The number of rotatable bonds is 9. The Bertz CT molecular complexity index is 790. The van der Waals surface area contributed by atoms with Crippen molar-refractivity contribution in [3.05, 3.63) is 71.3 Å². The fraction of sp³-hybridized carbons (Fsp3) is 0.455. The van der Waals surface area contributed by atoms with Gasteiger partial charge in [-0.2, -0.15) is 0 Å². The summed E-state index contributed by atoms with van der Waals surface area (Å²) >= 11 is 0. The highest BCUT2D eigenvalue weighted by Crippen LogP contribution is 2.43. The summed E-state index contributed by atoms with van der Waals surface area (Å²) in [4.78, 5) is 17.8. The van der Waals surface area contributed by atoms with Gasteiger partial charge >= 0.3 is 7.82 Å². The van der Waals surface area contributed by atoms with Crippen molar-refractivity contribution in [2.45, 2.75) is 56.4 Å². The molecule has 3 rings (SSSR count). The second-order valence-electron chi connectivity index (χ2n) is 8.00. The minimum atomic E-state index is -4.47. The van der Waals surface area contributed by atoms with Gasteiger partial charge in [0.2, 0.25) is 0 Å². The first-order valence-corrected chi connectivity index (χ1v) is 11.5. The Labute approximate surface area is 167 Å². The number of nitrogens with two attached hydrogens (primary N) is 1. The molecule has 0 aliphatic heterocycles. The Kier molecular flexibility index (Phi) is 7.08. The van der Waals surface area contributed by atoms with Gasteiger partial charge in [0.05, 0.1) is 6.61 Å². The molecule has 0 bridgehead atoms. The molecule has 0 unspecified atom stereocenters. The number of hydrogen-bond acceptors (Lipinski definition) is 3. The molecule has 0 aromatic heterocycles. The second-order valence-corrected chi connectivity index (χ2v) is 9.24. The quantitative estimate of drug-likeness (QED) is 0.428. The van der Waals surface area contributed by atoms with Gasteiger partial charge in [-0.05, 0) is 67.6 Å². The maximum atomic E-state index is 10.9. The van der Waals surface area contributed by atoms with Gasteiger partial charge in [-0.25, -0.2) is 4.57 Å². The minimum absolute atomic E-state index is 0.104. The van der Waals surface area contributed by atoms with E-state index >= 15 is 0 Å². The third kappa shape index (κ3) is 6.54. The number of benzene rings is 2. The molecular formula is C22H30NO4P. The Hall–Kier alpha value is -1.49. The molecule has 4 N–H and O–H groups in total. The van der Waals surface area contributed by atoms with E-state index in [1.54, 1.807) is 0 Å². The molecular weight excluding hydrogens is 373 g/mol. The van der Waals surface area contributed by atoms with Crippen molar-refractivity contribution in [3.8, 4) is 0 Å². The fourth-order valence-corrected chi connectivity index (χ4v) is 4.47. The standard InChI is InChI=1S/C22H30NO4P/c23-22(17-27-28(24,25)26)15-14-21(16-22)20-12-10-19(11-13-20)9-5-4-8-18-6-2-1-3-7-18/h1-3,6-7,10-13,21H,4-5,8-9,14-17,23H2,(H2,24,25,26)/t21-,22+/m0/s1. The average Bonchev–Trinajstić information content (AvgIpc) is 3.07. The molecule has 0 spiro atoms. The van der Waals surface area contributed by atoms with Gasteiger partial charge < -0.3 is 15.5 Å². The van der Waals surface area contributed by atoms with Gasteiger partial charge in [0.15, 0.2) is 0 Å². The highest BCUT2D eigenvalue weighted by Gasteiger charge is 2.38. The van der Waals surface area contributed by atoms with Crippen molar-refractivity contribution in [3.63, 3.8) is 0 Å². The lowest BCUT2D eigenvalue weighted by molar-refractivity contribution is 0.153. The van der Waals surface area contributed by atoms with E-state index in [1.165, 1.54) is 29.5 Å². The normalized spacial score (nSPS) is 22.5. The van der Waals surface area contributed by atoms with Crippen LogP contribution in [0.25, 0.3) is 0 Å². The third-order valence-electron chi connectivity index (χ3n) is 5.64. The molecule has 2 aromatic rings. The topological polar surface area (TPSA) is 92.8 Å². The van der Waals surface area contributed by atoms with Crippen molar-refractivity contribution in [2.24, 2.45) is 5.73 Å². The van der Waals surface area contributed by atoms with Crippen LogP contribution < -0.4 is 5.73 Å². The highest BCUT2D eigenvalue weighted by molar-refractivity contribution is 7.46. The highest BCUT2D eigenvalue weighted by atomic mass is 31.2. The summed E-state index contributed by atoms with van der Waals surface area (Å²) < 4.78 is 15.6. The van der Waals surface area contributed by atoms with E-state index in [2.05, 4.69) is 59.1 Å². The van der Waals surface area contributed by atoms with Crippen molar-refractivity contribution in [1.82, 2.24) is 0 Å².